The molecule has 0 aliphatic carbocycles. The fraction of sp³-hybridized carbons (Fsp3) is 0.848. The summed E-state index contributed by atoms with van der Waals surface area (Å²) in [7, 11) is 0. The zero-order valence-electron chi connectivity index (χ0n) is 35.2. The normalized spacial score (nSPS) is 13.9. The van der Waals surface area contributed by atoms with Crippen molar-refractivity contribution in [2.75, 3.05) is 39.4 Å². The number of ether oxygens (including phenoxy) is 3. The number of likely N-dealkylation sites (tertiary alicyclic amines) is 1. The Morgan fingerprint density at radius 3 is 1.50 bits per heavy atom. The van der Waals surface area contributed by atoms with Crippen LogP contribution in [0.5, 0.6) is 0 Å². The van der Waals surface area contributed by atoms with Gasteiger partial charge in [-0.25, -0.2) is 0 Å². The number of carbonyl (C=O) groups excluding carboxylic acids is 2. The maximum atomic E-state index is 12.8. The molecule has 1 fully saturated rings. The molecule has 0 aromatic carbocycles. The van der Waals surface area contributed by atoms with E-state index in [1.54, 1.807) is 0 Å². The van der Waals surface area contributed by atoms with Crippen LogP contribution in [0.1, 0.15) is 206 Å². The van der Waals surface area contributed by atoms with Crippen LogP contribution in [0.2, 0.25) is 0 Å². The molecule has 0 saturated carbocycles. The van der Waals surface area contributed by atoms with E-state index in [4.69, 9.17) is 26.4 Å². The molecule has 0 spiro atoms. The number of hydrogen-bond donors (Lipinski definition) is 1. The molecule has 54 heavy (non-hydrogen) atoms. The van der Waals surface area contributed by atoms with Crippen LogP contribution in [0.15, 0.2) is 24.3 Å². The van der Waals surface area contributed by atoms with E-state index in [1.165, 1.54) is 128 Å². The third-order valence-corrected chi connectivity index (χ3v) is 10.6. The molecule has 0 radical (unpaired) electrons. The summed E-state index contributed by atoms with van der Waals surface area (Å²) < 4.78 is 17.1. The van der Waals surface area contributed by atoms with Crippen molar-refractivity contribution in [3.63, 3.8) is 0 Å². The number of carbonyl (C=O) groups is 2. The first-order chi connectivity index (χ1) is 26.5. The number of unbranched alkanes of at least 4 members (excludes halogenated alkanes) is 22. The van der Waals surface area contributed by atoms with Crippen LogP contribution in [0, 0.1) is 0 Å². The maximum Gasteiger partial charge on any atom is 0.306 e. The predicted molar refractivity (Wildman–Crippen MR) is 232 cm³/mol. The maximum absolute atomic E-state index is 12.8. The summed E-state index contributed by atoms with van der Waals surface area (Å²) in [5, 5.41) is 3.36. The van der Waals surface area contributed by atoms with Crippen LogP contribution in [-0.4, -0.2) is 67.5 Å². The van der Waals surface area contributed by atoms with E-state index in [0.29, 0.717) is 19.4 Å². The second-order valence-electron chi connectivity index (χ2n) is 15.5. The zero-order chi connectivity index (χ0) is 39.0. The molecule has 7 nitrogen and oxygen atoms in total. The summed E-state index contributed by atoms with van der Waals surface area (Å²) in [6.45, 7) is 8.40. The molecule has 314 valence electrons. The van der Waals surface area contributed by atoms with Gasteiger partial charge in [0.1, 0.15) is 13.2 Å². The predicted octanol–water partition coefficient (Wildman–Crippen LogP) is 12.5. The third-order valence-electron chi connectivity index (χ3n) is 10.3. The molecular formula is C46H84N2O5S. The monoisotopic (exact) mass is 777 g/mol. The second-order valence-corrected chi connectivity index (χ2v) is 15.9. The molecule has 0 amide bonds. The minimum atomic E-state index is -0.612. The van der Waals surface area contributed by atoms with Crippen LogP contribution in [0.25, 0.3) is 0 Å². The second kappa shape index (κ2) is 39.3. The quantitative estimate of drug-likeness (QED) is 0.0287. The largest absolute Gasteiger partial charge is 0.470 e. The van der Waals surface area contributed by atoms with E-state index in [0.717, 1.165) is 71.0 Å². The highest BCUT2D eigenvalue weighted by molar-refractivity contribution is 7.80. The molecule has 8 heteroatoms. The fourth-order valence-corrected chi connectivity index (χ4v) is 7.01. The topological polar surface area (TPSA) is 77.1 Å². The van der Waals surface area contributed by atoms with E-state index in [-0.39, 0.29) is 30.3 Å². The van der Waals surface area contributed by atoms with Crippen molar-refractivity contribution in [3.8, 4) is 0 Å². The highest BCUT2D eigenvalue weighted by Crippen LogP contribution is 2.13. The lowest BCUT2D eigenvalue weighted by atomic mass is 10.1. The molecular weight excluding hydrogens is 693 g/mol. The van der Waals surface area contributed by atoms with Crippen molar-refractivity contribution in [1.29, 1.82) is 0 Å². The first kappa shape index (κ1) is 50.1. The summed E-state index contributed by atoms with van der Waals surface area (Å²) >= 11 is 5.38. The number of hydrogen-bond acceptors (Lipinski definition) is 7. The smallest absolute Gasteiger partial charge is 0.306 e. The van der Waals surface area contributed by atoms with Gasteiger partial charge in [0.25, 0.3) is 5.17 Å². The Morgan fingerprint density at radius 1 is 0.593 bits per heavy atom. The molecule has 1 aliphatic rings. The Bertz CT molecular complexity index is 936. The SMILES string of the molecule is CCCCCCCCC=CCCCCCCCC(=O)OCC(CNC(=S)OCCN1CCCC1)OC(=O)CCCCCCCC=CCCCCCCCC. The van der Waals surface area contributed by atoms with Gasteiger partial charge in [0.2, 0.25) is 0 Å². The van der Waals surface area contributed by atoms with Gasteiger partial charge in [-0.2, -0.15) is 0 Å². The first-order valence-corrected chi connectivity index (χ1v) is 23.2. The molecule has 1 aliphatic heterocycles. The van der Waals surface area contributed by atoms with Gasteiger partial charge >= 0.3 is 11.9 Å². The number of thiocarbonyl (C=S) groups is 1. The molecule has 0 aromatic rings. The van der Waals surface area contributed by atoms with Crippen molar-refractivity contribution in [3.05, 3.63) is 24.3 Å². The number of rotatable bonds is 38. The zero-order valence-corrected chi connectivity index (χ0v) is 36.1. The van der Waals surface area contributed by atoms with Gasteiger partial charge in [-0.15, -0.1) is 0 Å². The van der Waals surface area contributed by atoms with Gasteiger partial charge in [0.15, 0.2) is 6.10 Å². The van der Waals surface area contributed by atoms with Gasteiger partial charge < -0.3 is 19.5 Å². The van der Waals surface area contributed by atoms with Gasteiger partial charge in [0.05, 0.1) is 6.54 Å². The summed E-state index contributed by atoms with van der Waals surface area (Å²) in [5.41, 5.74) is 0. The Morgan fingerprint density at radius 2 is 1.02 bits per heavy atom. The molecule has 0 bridgehead atoms. The Hall–Kier alpha value is -1.93. The van der Waals surface area contributed by atoms with Gasteiger partial charge in [-0.1, -0.05) is 141 Å². The highest BCUT2D eigenvalue weighted by Gasteiger charge is 2.18. The minimum absolute atomic E-state index is 0.0193. The first-order valence-electron chi connectivity index (χ1n) is 22.8. The number of nitrogens with zero attached hydrogens (tertiary/aromatic N) is 1. The molecule has 1 heterocycles. The van der Waals surface area contributed by atoms with Crippen molar-refractivity contribution in [1.82, 2.24) is 10.2 Å². The molecule has 1 atom stereocenters. The lowest BCUT2D eigenvalue weighted by Gasteiger charge is -2.20. The lowest BCUT2D eigenvalue weighted by molar-refractivity contribution is -0.158. The van der Waals surface area contributed by atoms with Crippen molar-refractivity contribution >= 4 is 29.3 Å². The van der Waals surface area contributed by atoms with E-state index in [2.05, 4.69) is 48.4 Å². The van der Waals surface area contributed by atoms with Gasteiger partial charge in [0, 0.05) is 19.4 Å². The average molecular weight is 777 g/mol. The molecule has 0 aromatic heterocycles. The Kier molecular flexibility index (Phi) is 36.5. The van der Waals surface area contributed by atoms with Crippen molar-refractivity contribution in [2.45, 2.75) is 213 Å². The van der Waals surface area contributed by atoms with Gasteiger partial charge in [-0.3, -0.25) is 14.5 Å². The Labute approximate surface area is 338 Å². The van der Waals surface area contributed by atoms with E-state index in [1.807, 2.05) is 0 Å². The summed E-state index contributed by atoms with van der Waals surface area (Å²) in [6.07, 6.45) is 43.6. The third kappa shape index (κ3) is 34.6. The Balaban J connectivity index is 2.23. The van der Waals surface area contributed by atoms with Gasteiger partial charge in [-0.05, 0) is 102 Å². The summed E-state index contributed by atoms with van der Waals surface area (Å²) in [4.78, 5) is 27.7. The van der Waals surface area contributed by atoms with Crippen LogP contribution in [0.4, 0.5) is 0 Å². The highest BCUT2D eigenvalue weighted by atomic mass is 32.1. The number of nitrogens with one attached hydrogen (secondary N) is 1. The van der Waals surface area contributed by atoms with Crippen LogP contribution in [-0.2, 0) is 23.8 Å². The molecule has 1 rings (SSSR count). The molecule has 1 unspecified atom stereocenters. The van der Waals surface area contributed by atoms with Crippen molar-refractivity contribution in [2.24, 2.45) is 0 Å². The van der Waals surface area contributed by atoms with E-state index in [9.17, 15) is 9.59 Å². The van der Waals surface area contributed by atoms with Crippen LogP contribution in [0.3, 0.4) is 0 Å². The molecule has 1 saturated heterocycles. The van der Waals surface area contributed by atoms with E-state index >= 15 is 0 Å². The van der Waals surface area contributed by atoms with Crippen molar-refractivity contribution < 1.29 is 23.8 Å². The summed E-state index contributed by atoms with van der Waals surface area (Å²) in [5.74, 6) is -0.496. The fourth-order valence-electron chi connectivity index (χ4n) is 6.84. The minimum Gasteiger partial charge on any atom is -0.470 e. The number of esters is 2. The van der Waals surface area contributed by atoms with Crippen LogP contribution >= 0.6 is 12.2 Å². The standard InChI is InChI=1S/C46H84N2O5S/c1-3-5-7-9-11-13-15-17-19-21-23-25-27-29-31-35-44(49)52-42-43(41-47-46(54)51-40-39-48-37-33-34-38-48)53-45(50)36-32-30-28-26-24-22-20-18-16-14-12-10-8-6-4-2/h17-20,43H,3-16,21-42H2,1-2H3,(H,47,54). The van der Waals surface area contributed by atoms with E-state index < -0.39 is 6.10 Å². The molecule has 1 N–H and O–H groups in total. The number of allylic oxidation sites excluding steroid dienone is 4. The summed E-state index contributed by atoms with van der Waals surface area (Å²) in [6, 6.07) is 0. The average Bonchev–Trinajstić information content (AvgIpc) is 3.69. The van der Waals surface area contributed by atoms with Crippen LogP contribution < -0.4 is 5.32 Å². The lowest BCUT2D eigenvalue weighted by Crippen LogP contribution is -2.39.